The summed E-state index contributed by atoms with van der Waals surface area (Å²) in [6.07, 6.45) is 3.57. The van der Waals surface area contributed by atoms with E-state index in [1.54, 1.807) is 31.3 Å². The van der Waals surface area contributed by atoms with Gasteiger partial charge in [0.15, 0.2) is 11.4 Å². The summed E-state index contributed by atoms with van der Waals surface area (Å²) in [5.74, 6) is -0.967. The SMILES string of the molecule is Cn1c(=O)oc2cc(-c3ccc(CC(C#N)CC(=O)[C@H]4N[C@@H]5CC[C@H]4C5)c(F)c3)ccc21. The molecule has 2 aliphatic rings. The fourth-order valence-electron chi connectivity index (χ4n) is 5.22. The van der Waals surface area contributed by atoms with Crippen molar-refractivity contribution < 1.29 is 13.6 Å². The molecule has 1 unspecified atom stereocenters. The largest absolute Gasteiger partial charge is 0.419 e. The standard InChI is InChI=1S/C25H24FN3O3/c1-29-21-7-5-16(12-23(21)32-25(29)31)15-2-3-17(20(26)11-15)8-14(13-27)9-22(30)24-18-4-6-19(10-18)28-24/h2-3,5,7,11-12,14,18-19,24,28H,4,6,8-10H2,1H3/t14?,18-,19+,24-/m0/s1. The number of fused-ring (bicyclic) bond motifs is 3. The minimum Gasteiger partial charge on any atom is -0.408 e. The zero-order valence-corrected chi connectivity index (χ0v) is 17.8. The first kappa shape index (κ1) is 20.7. The van der Waals surface area contributed by atoms with Crippen LogP contribution in [0, 0.1) is 29.0 Å². The summed E-state index contributed by atoms with van der Waals surface area (Å²) in [4.78, 5) is 24.4. The van der Waals surface area contributed by atoms with Crippen molar-refractivity contribution in [3.05, 3.63) is 58.3 Å². The second-order valence-corrected chi connectivity index (χ2v) is 9.03. The fourth-order valence-corrected chi connectivity index (χ4v) is 5.22. The van der Waals surface area contributed by atoms with Gasteiger partial charge in [0.1, 0.15) is 5.82 Å². The third-order valence-corrected chi connectivity index (χ3v) is 6.98. The third-order valence-electron chi connectivity index (χ3n) is 6.98. The van der Waals surface area contributed by atoms with Gasteiger partial charge in [-0.25, -0.2) is 9.18 Å². The van der Waals surface area contributed by atoms with E-state index in [1.807, 2.05) is 6.07 Å². The molecule has 6 nitrogen and oxygen atoms in total. The van der Waals surface area contributed by atoms with Crippen molar-refractivity contribution in [2.75, 3.05) is 0 Å². The Morgan fingerprint density at radius 2 is 2.06 bits per heavy atom. The van der Waals surface area contributed by atoms with Gasteiger partial charge in [0.2, 0.25) is 0 Å². The van der Waals surface area contributed by atoms with E-state index in [1.165, 1.54) is 10.6 Å². The van der Waals surface area contributed by atoms with Gasteiger partial charge in [-0.05, 0) is 66.5 Å². The van der Waals surface area contributed by atoms with Crippen LogP contribution in [0.3, 0.4) is 0 Å². The summed E-state index contributed by atoms with van der Waals surface area (Å²) in [7, 11) is 1.63. The molecule has 0 radical (unpaired) electrons. The van der Waals surface area contributed by atoms with E-state index in [0.717, 1.165) is 24.8 Å². The van der Waals surface area contributed by atoms with E-state index < -0.39 is 17.5 Å². The number of nitrogens with zero attached hydrogens (tertiary/aromatic N) is 2. The Kier molecular flexibility index (Phi) is 5.18. The van der Waals surface area contributed by atoms with Crippen LogP contribution in [0.4, 0.5) is 4.39 Å². The van der Waals surface area contributed by atoms with Gasteiger partial charge < -0.3 is 9.73 Å². The predicted octanol–water partition coefficient (Wildman–Crippen LogP) is 3.72. The quantitative estimate of drug-likeness (QED) is 0.640. The molecule has 7 heteroatoms. The summed E-state index contributed by atoms with van der Waals surface area (Å²) in [6, 6.07) is 12.6. The topological polar surface area (TPSA) is 88.0 Å². The first-order valence-corrected chi connectivity index (χ1v) is 11.0. The van der Waals surface area contributed by atoms with E-state index in [0.29, 0.717) is 34.2 Å². The highest BCUT2D eigenvalue weighted by molar-refractivity contribution is 5.85. The second kappa shape index (κ2) is 8.03. The van der Waals surface area contributed by atoms with E-state index >= 15 is 0 Å². The van der Waals surface area contributed by atoms with Crippen molar-refractivity contribution in [2.24, 2.45) is 18.9 Å². The van der Waals surface area contributed by atoms with Crippen LogP contribution in [0.2, 0.25) is 0 Å². The Balaban J connectivity index is 1.31. The highest BCUT2D eigenvalue weighted by atomic mass is 19.1. The van der Waals surface area contributed by atoms with Gasteiger partial charge in [-0.1, -0.05) is 18.2 Å². The number of benzene rings is 2. The average molecular weight is 433 g/mol. The summed E-state index contributed by atoms with van der Waals surface area (Å²) < 4.78 is 21.5. The van der Waals surface area contributed by atoms with E-state index in [2.05, 4.69) is 11.4 Å². The van der Waals surface area contributed by atoms with Gasteiger partial charge in [0.25, 0.3) is 0 Å². The molecule has 0 amide bonds. The molecular formula is C25H24FN3O3. The molecule has 1 aromatic heterocycles. The maximum atomic E-state index is 14.9. The lowest BCUT2D eigenvalue weighted by molar-refractivity contribution is -0.122. The minimum atomic E-state index is -0.557. The molecule has 4 atom stereocenters. The lowest BCUT2D eigenvalue weighted by Gasteiger charge is -2.22. The van der Waals surface area contributed by atoms with Gasteiger partial charge in [0.05, 0.1) is 23.5 Å². The number of nitrogens with one attached hydrogen (secondary N) is 1. The maximum absolute atomic E-state index is 14.9. The van der Waals surface area contributed by atoms with Crippen LogP contribution in [0.5, 0.6) is 0 Å². The summed E-state index contributed by atoms with van der Waals surface area (Å²) in [6.45, 7) is 0. The highest BCUT2D eigenvalue weighted by Gasteiger charge is 2.42. The fraction of sp³-hybridized carbons (Fsp3) is 0.400. The number of carbonyl (C=O) groups is 1. The number of hydrogen-bond acceptors (Lipinski definition) is 5. The molecule has 32 heavy (non-hydrogen) atoms. The van der Waals surface area contributed by atoms with Crippen LogP contribution in [-0.2, 0) is 18.3 Å². The number of Topliss-reactive ketones (excluding diaryl/α,β-unsaturated/α-hetero) is 1. The number of hydrogen-bond donors (Lipinski definition) is 1. The Labute approximate surface area is 184 Å². The molecule has 164 valence electrons. The first-order valence-electron chi connectivity index (χ1n) is 11.0. The molecular weight excluding hydrogens is 409 g/mol. The molecule has 1 saturated heterocycles. The molecule has 1 saturated carbocycles. The number of piperidine rings is 1. The van der Waals surface area contributed by atoms with E-state index in [-0.39, 0.29) is 24.7 Å². The summed E-state index contributed by atoms with van der Waals surface area (Å²) in [5.41, 5.74) is 2.91. The van der Waals surface area contributed by atoms with Crippen LogP contribution in [-0.4, -0.2) is 22.4 Å². The van der Waals surface area contributed by atoms with Crippen LogP contribution in [0.25, 0.3) is 22.2 Å². The Hall–Kier alpha value is -3.24. The van der Waals surface area contributed by atoms with Crippen LogP contribution in [0.15, 0.2) is 45.6 Å². The molecule has 2 aromatic carbocycles. The normalized spacial score (nSPS) is 22.8. The Bertz CT molecular complexity index is 1300. The highest BCUT2D eigenvalue weighted by Crippen LogP contribution is 2.36. The summed E-state index contributed by atoms with van der Waals surface area (Å²) >= 11 is 0. The predicted molar refractivity (Wildman–Crippen MR) is 117 cm³/mol. The molecule has 1 aliphatic heterocycles. The monoisotopic (exact) mass is 433 g/mol. The van der Waals surface area contributed by atoms with Crippen LogP contribution in [0.1, 0.15) is 31.2 Å². The van der Waals surface area contributed by atoms with Crippen molar-refractivity contribution in [1.82, 2.24) is 9.88 Å². The van der Waals surface area contributed by atoms with E-state index in [4.69, 9.17) is 4.42 Å². The first-order chi connectivity index (χ1) is 15.4. The number of oxazole rings is 1. The van der Waals surface area contributed by atoms with Crippen molar-refractivity contribution in [1.29, 1.82) is 5.26 Å². The maximum Gasteiger partial charge on any atom is 0.419 e. The van der Waals surface area contributed by atoms with Gasteiger partial charge in [0, 0.05) is 19.5 Å². The van der Waals surface area contributed by atoms with Crippen LogP contribution < -0.4 is 11.1 Å². The van der Waals surface area contributed by atoms with Gasteiger partial charge in [-0.3, -0.25) is 9.36 Å². The smallest absolute Gasteiger partial charge is 0.408 e. The number of rotatable bonds is 6. The molecule has 1 N–H and O–H groups in total. The number of ketones is 1. The number of aromatic nitrogens is 1. The van der Waals surface area contributed by atoms with Crippen LogP contribution >= 0.6 is 0 Å². The van der Waals surface area contributed by atoms with Gasteiger partial charge in [-0.15, -0.1) is 0 Å². The molecule has 5 rings (SSSR count). The Morgan fingerprint density at radius 1 is 1.28 bits per heavy atom. The summed E-state index contributed by atoms with van der Waals surface area (Å²) in [5, 5.41) is 13.0. The van der Waals surface area contributed by atoms with Gasteiger partial charge in [-0.2, -0.15) is 5.26 Å². The van der Waals surface area contributed by atoms with Crippen molar-refractivity contribution in [2.45, 2.75) is 44.2 Å². The van der Waals surface area contributed by atoms with Crippen molar-refractivity contribution in [3.8, 4) is 17.2 Å². The molecule has 2 bridgehead atoms. The number of nitriles is 1. The Morgan fingerprint density at radius 3 is 2.75 bits per heavy atom. The molecule has 0 spiro atoms. The van der Waals surface area contributed by atoms with Crippen molar-refractivity contribution in [3.63, 3.8) is 0 Å². The third kappa shape index (κ3) is 3.65. The second-order valence-electron chi connectivity index (χ2n) is 9.03. The number of aryl methyl sites for hydroxylation is 1. The average Bonchev–Trinajstić information content (AvgIpc) is 3.49. The lowest BCUT2D eigenvalue weighted by Crippen LogP contribution is -2.42. The zero-order valence-electron chi connectivity index (χ0n) is 17.8. The molecule has 1 aliphatic carbocycles. The number of halogens is 1. The zero-order chi connectivity index (χ0) is 22.4. The number of carbonyl (C=O) groups excluding carboxylic acids is 1. The lowest BCUT2D eigenvalue weighted by atomic mass is 9.88. The van der Waals surface area contributed by atoms with E-state index in [9.17, 15) is 19.2 Å². The van der Waals surface area contributed by atoms with Gasteiger partial charge >= 0.3 is 5.76 Å². The minimum absolute atomic E-state index is 0.0680. The van der Waals surface area contributed by atoms with Crippen molar-refractivity contribution >= 4 is 16.9 Å². The molecule has 2 fully saturated rings. The molecule has 2 heterocycles. The molecule has 3 aromatic rings.